The van der Waals surface area contributed by atoms with Crippen LogP contribution in [-0.4, -0.2) is 28.5 Å². The number of fused-ring (bicyclic) bond motifs is 2. The summed E-state index contributed by atoms with van der Waals surface area (Å²) in [5.41, 5.74) is 12.0. The molecule has 1 saturated carbocycles. The predicted octanol–water partition coefficient (Wildman–Crippen LogP) is 6.05. The van der Waals surface area contributed by atoms with Crippen molar-refractivity contribution in [1.82, 2.24) is 26.3 Å². The molecule has 214 valence electrons. The van der Waals surface area contributed by atoms with Crippen molar-refractivity contribution in [2.75, 3.05) is 17.2 Å². The first-order valence-corrected chi connectivity index (χ1v) is 14.2. The van der Waals surface area contributed by atoms with Gasteiger partial charge in [0.05, 0.1) is 33.5 Å². The molecular formula is C31H34ClF2N7. The molecule has 0 saturated heterocycles. The number of hydrazine groups is 2. The maximum Gasteiger partial charge on any atom is 0.262 e. The van der Waals surface area contributed by atoms with E-state index in [1.54, 1.807) is 12.4 Å². The molecule has 0 spiro atoms. The Kier molecular flexibility index (Phi) is 6.97. The molecule has 1 fully saturated rings. The molecule has 2 aliphatic heterocycles. The summed E-state index contributed by atoms with van der Waals surface area (Å²) in [6.07, 6.45) is 7.69. The summed E-state index contributed by atoms with van der Waals surface area (Å²) in [6.45, 7) is 8.66. The molecule has 41 heavy (non-hydrogen) atoms. The molecule has 1 aromatic heterocycles. The van der Waals surface area contributed by atoms with Gasteiger partial charge in [0, 0.05) is 43.1 Å². The van der Waals surface area contributed by atoms with Crippen molar-refractivity contribution in [1.29, 1.82) is 0 Å². The smallest absolute Gasteiger partial charge is 0.262 e. The number of terminal acetylenes is 1. The van der Waals surface area contributed by atoms with Crippen LogP contribution in [0.3, 0.4) is 0 Å². The third kappa shape index (κ3) is 5.16. The summed E-state index contributed by atoms with van der Waals surface area (Å²) >= 11 is 6.80. The molecule has 1 aliphatic carbocycles. The van der Waals surface area contributed by atoms with E-state index in [1.165, 1.54) is 16.1 Å². The highest BCUT2D eigenvalue weighted by atomic mass is 35.5. The Balaban J connectivity index is 1.43. The van der Waals surface area contributed by atoms with Gasteiger partial charge < -0.3 is 21.4 Å². The fourth-order valence-electron chi connectivity index (χ4n) is 5.52. The largest absolute Gasteiger partial charge is 0.383 e. The molecule has 7 nitrogen and oxygen atoms in total. The van der Waals surface area contributed by atoms with Crippen LogP contribution in [0.15, 0.2) is 48.4 Å². The van der Waals surface area contributed by atoms with Gasteiger partial charge in [-0.2, -0.15) is 0 Å². The molecule has 0 unspecified atom stereocenters. The van der Waals surface area contributed by atoms with Crippen molar-refractivity contribution in [3.8, 4) is 12.3 Å². The minimum atomic E-state index is -2.46. The Morgan fingerprint density at radius 1 is 1.22 bits per heavy atom. The van der Waals surface area contributed by atoms with Gasteiger partial charge in [-0.1, -0.05) is 56.5 Å². The maximum absolute atomic E-state index is 13.9. The van der Waals surface area contributed by atoms with Crippen LogP contribution in [0.4, 0.5) is 20.2 Å². The number of alkyl halides is 2. The number of nitrogens with one attached hydrogen (secondary N) is 5. The second-order valence-electron chi connectivity index (χ2n) is 12.2. The number of pyridine rings is 1. The van der Waals surface area contributed by atoms with E-state index in [-0.39, 0.29) is 11.5 Å². The number of anilines is 2. The Bertz CT molecular complexity index is 1570. The SMILES string of the molecule is C#Cc1cnc2c(Cl)cc(N[C@H](C3=CN(C4(C(F)F)CC4)NN3)c3cccc4c3CNC4)cc2c1NCC(C)(C)C. The van der Waals surface area contributed by atoms with Crippen LogP contribution in [0.5, 0.6) is 0 Å². The Morgan fingerprint density at radius 3 is 2.73 bits per heavy atom. The normalized spacial score (nSPS) is 18.1. The number of nitrogens with zero attached hydrogens (tertiary/aromatic N) is 2. The topological polar surface area (TPSA) is 76.3 Å². The number of hydrogen-bond acceptors (Lipinski definition) is 7. The minimum absolute atomic E-state index is 0.0184. The summed E-state index contributed by atoms with van der Waals surface area (Å²) < 4.78 is 27.9. The number of hydrogen-bond donors (Lipinski definition) is 5. The lowest BCUT2D eigenvalue weighted by Crippen LogP contribution is -2.48. The summed E-state index contributed by atoms with van der Waals surface area (Å²) in [5.74, 6) is 2.75. The monoisotopic (exact) mass is 577 g/mol. The fourth-order valence-corrected chi connectivity index (χ4v) is 5.79. The van der Waals surface area contributed by atoms with E-state index in [0.29, 0.717) is 35.5 Å². The van der Waals surface area contributed by atoms with Gasteiger partial charge >= 0.3 is 0 Å². The van der Waals surface area contributed by atoms with Crippen LogP contribution >= 0.6 is 11.6 Å². The van der Waals surface area contributed by atoms with Crippen LogP contribution in [-0.2, 0) is 13.1 Å². The lowest BCUT2D eigenvalue weighted by atomic mass is 9.95. The van der Waals surface area contributed by atoms with Crippen LogP contribution in [0.2, 0.25) is 5.02 Å². The molecule has 3 aliphatic rings. The van der Waals surface area contributed by atoms with E-state index in [1.807, 2.05) is 18.2 Å². The molecule has 3 aromatic rings. The van der Waals surface area contributed by atoms with Gasteiger partial charge in [-0.3, -0.25) is 9.99 Å². The maximum atomic E-state index is 13.9. The van der Waals surface area contributed by atoms with E-state index in [9.17, 15) is 8.78 Å². The summed E-state index contributed by atoms with van der Waals surface area (Å²) in [7, 11) is 0. The van der Waals surface area contributed by atoms with Gasteiger partial charge in [0.25, 0.3) is 6.43 Å². The zero-order chi connectivity index (χ0) is 28.9. The number of rotatable bonds is 8. The molecule has 0 bridgehead atoms. The number of aromatic nitrogens is 1. The lowest BCUT2D eigenvalue weighted by Gasteiger charge is -2.25. The molecule has 1 atom stereocenters. The Morgan fingerprint density at radius 2 is 2.02 bits per heavy atom. The second kappa shape index (κ2) is 10.4. The molecule has 10 heteroatoms. The van der Waals surface area contributed by atoms with Crippen molar-refractivity contribution in [2.24, 2.45) is 5.41 Å². The van der Waals surface area contributed by atoms with Gasteiger partial charge in [0.15, 0.2) is 0 Å². The van der Waals surface area contributed by atoms with Crippen LogP contribution in [0.25, 0.3) is 10.9 Å². The molecule has 3 heterocycles. The van der Waals surface area contributed by atoms with Crippen molar-refractivity contribution in [2.45, 2.75) is 64.7 Å². The fraction of sp³-hybridized carbons (Fsp3) is 0.387. The lowest BCUT2D eigenvalue weighted by molar-refractivity contribution is 0.00911. The zero-order valence-electron chi connectivity index (χ0n) is 23.3. The number of benzene rings is 2. The van der Waals surface area contributed by atoms with E-state index in [2.05, 4.69) is 70.7 Å². The molecule has 2 aromatic carbocycles. The second-order valence-corrected chi connectivity index (χ2v) is 12.6. The van der Waals surface area contributed by atoms with Crippen LogP contribution < -0.4 is 26.9 Å². The zero-order valence-corrected chi connectivity index (χ0v) is 24.1. The number of halogens is 3. The Hall–Kier alpha value is -3.58. The van der Waals surface area contributed by atoms with E-state index in [4.69, 9.17) is 18.0 Å². The van der Waals surface area contributed by atoms with Crippen LogP contribution in [0.1, 0.15) is 61.9 Å². The van der Waals surface area contributed by atoms with Gasteiger partial charge in [-0.25, -0.2) is 8.78 Å². The van der Waals surface area contributed by atoms with Gasteiger partial charge in [-0.05, 0) is 47.1 Å². The average Bonchev–Trinajstić information content (AvgIpc) is 3.35. The van der Waals surface area contributed by atoms with E-state index in [0.717, 1.165) is 41.1 Å². The molecular weight excluding hydrogens is 544 g/mol. The first kappa shape index (κ1) is 27.6. The van der Waals surface area contributed by atoms with Gasteiger partial charge in [0.1, 0.15) is 5.54 Å². The van der Waals surface area contributed by atoms with Crippen molar-refractivity contribution in [3.63, 3.8) is 0 Å². The molecule has 5 N–H and O–H groups in total. The quantitative estimate of drug-likeness (QED) is 0.209. The third-order valence-corrected chi connectivity index (χ3v) is 8.26. The summed E-state index contributed by atoms with van der Waals surface area (Å²) in [6, 6.07) is 9.68. The standard InChI is InChI=1S/C31H34ClF2N7/c1-5-18-14-36-27-22(26(18)37-17-30(2,3)4)11-20(12-24(27)32)38-28(21-8-6-7-19-13-35-15-23(19)21)25-16-41(40-39-25)31(9-10-31)29(33)34/h1,6-8,11-12,14,16,28-29,35,38-40H,9-10,13,15,17H2,2-4H3,(H,36,37)/t28-/m0/s1. The molecule has 0 radical (unpaired) electrons. The highest BCUT2D eigenvalue weighted by molar-refractivity contribution is 6.35. The minimum Gasteiger partial charge on any atom is -0.383 e. The summed E-state index contributed by atoms with van der Waals surface area (Å²) in [4.78, 5) is 4.56. The Labute approximate surface area is 244 Å². The van der Waals surface area contributed by atoms with Crippen LogP contribution in [0, 0.1) is 17.8 Å². The van der Waals surface area contributed by atoms with E-state index >= 15 is 0 Å². The van der Waals surface area contributed by atoms with Gasteiger partial charge in [-0.15, -0.1) is 12.0 Å². The van der Waals surface area contributed by atoms with Crippen molar-refractivity contribution in [3.05, 3.63) is 75.7 Å². The average molecular weight is 578 g/mol. The van der Waals surface area contributed by atoms with Gasteiger partial charge in [0.2, 0.25) is 0 Å². The summed E-state index contributed by atoms with van der Waals surface area (Å²) in [5, 5.41) is 13.4. The van der Waals surface area contributed by atoms with E-state index < -0.39 is 12.0 Å². The molecule has 0 amide bonds. The first-order chi connectivity index (χ1) is 19.6. The molecule has 6 rings (SSSR count). The van der Waals surface area contributed by atoms with Crippen molar-refractivity contribution < 1.29 is 8.78 Å². The third-order valence-electron chi connectivity index (χ3n) is 7.97. The predicted molar refractivity (Wildman–Crippen MR) is 160 cm³/mol. The highest BCUT2D eigenvalue weighted by Crippen LogP contribution is 2.47. The van der Waals surface area contributed by atoms with Crippen molar-refractivity contribution >= 4 is 33.9 Å². The first-order valence-electron chi connectivity index (χ1n) is 13.8. The highest BCUT2D eigenvalue weighted by Gasteiger charge is 2.56.